The van der Waals surface area contributed by atoms with E-state index in [2.05, 4.69) is 25.3 Å². The van der Waals surface area contributed by atoms with Crippen molar-refractivity contribution >= 4 is 29.0 Å². The van der Waals surface area contributed by atoms with Crippen LogP contribution in [0.3, 0.4) is 0 Å². The molecule has 4 aliphatic rings. The van der Waals surface area contributed by atoms with Gasteiger partial charge in [0.25, 0.3) is 6.02 Å². The van der Waals surface area contributed by atoms with E-state index < -0.39 is 0 Å². The SMILES string of the molecule is Clc1ccc2c(NC3=NC[C@]4(CN5CCC4CC5)O3)ncnn12. The molecule has 120 valence electrons. The van der Waals surface area contributed by atoms with Crippen molar-refractivity contribution in [3.05, 3.63) is 23.6 Å². The minimum Gasteiger partial charge on any atom is -0.455 e. The molecule has 1 atom stereocenters. The van der Waals surface area contributed by atoms with E-state index in [4.69, 9.17) is 16.3 Å². The number of anilines is 1. The summed E-state index contributed by atoms with van der Waals surface area (Å²) in [4.78, 5) is 11.4. The van der Waals surface area contributed by atoms with Gasteiger partial charge in [0.1, 0.15) is 22.6 Å². The van der Waals surface area contributed by atoms with Crippen molar-refractivity contribution < 1.29 is 4.74 Å². The molecule has 3 saturated heterocycles. The number of rotatable bonds is 1. The van der Waals surface area contributed by atoms with E-state index in [1.165, 1.54) is 32.3 Å². The Balaban J connectivity index is 1.39. The first-order chi connectivity index (χ1) is 11.2. The summed E-state index contributed by atoms with van der Waals surface area (Å²) in [6.45, 7) is 4.07. The third-order valence-electron chi connectivity index (χ3n) is 5.24. The predicted octanol–water partition coefficient (Wildman–Crippen LogP) is 1.65. The van der Waals surface area contributed by atoms with E-state index in [0.717, 1.165) is 18.6 Å². The zero-order chi connectivity index (χ0) is 15.4. The first-order valence-electron chi connectivity index (χ1n) is 7.95. The summed E-state index contributed by atoms with van der Waals surface area (Å²) in [7, 11) is 0. The molecule has 2 bridgehead atoms. The third kappa shape index (κ3) is 2.03. The van der Waals surface area contributed by atoms with Gasteiger partial charge in [-0.2, -0.15) is 5.10 Å². The fraction of sp³-hybridized carbons (Fsp3) is 0.533. The number of piperidine rings is 3. The van der Waals surface area contributed by atoms with Crippen LogP contribution in [0.4, 0.5) is 5.82 Å². The number of nitrogens with zero attached hydrogens (tertiary/aromatic N) is 5. The molecule has 0 radical (unpaired) electrons. The van der Waals surface area contributed by atoms with Crippen molar-refractivity contribution in [1.29, 1.82) is 0 Å². The van der Waals surface area contributed by atoms with Crippen molar-refractivity contribution in [2.45, 2.75) is 18.4 Å². The maximum absolute atomic E-state index is 6.28. The van der Waals surface area contributed by atoms with Gasteiger partial charge in [-0.3, -0.25) is 10.2 Å². The largest absolute Gasteiger partial charge is 0.455 e. The molecule has 1 N–H and O–H groups in total. The Labute approximate surface area is 138 Å². The highest BCUT2D eigenvalue weighted by atomic mass is 35.5. The Bertz CT molecular complexity index is 796. The van der Waals surface area contributed by atoms with Crippen LogP contribution in [0.25, 0.3) is 5.52 Å². The van der Waals surface area contributed by atoms with Gasteiger partial charge in [0.2, 0.25) is 0 Å². The zero-order valence-corrected chi connectivity index (χ0v) is 13.3. The lowest BCUT2D eigenvalue weighted by Gasteiger charge is -2.50. The average molecular weight is 333 g/mol. The number of hydrogen-bond acceptors (Lipinski definition) is 6. The zero-order valence-electron chi connectivity index (χ0n) is 12.6. The first kappa shape index (κ1) is 13.6. The van der Waals surface area contributed by atoms with Gasteiger partial charge in [-0.15, -0.1) is 0 Å². The van der Waals surface area contributed by atoms with Gasteiger partial charge in [0, 0.05) is 12.5 Å². The molecule has 8 heteroatoms. The number of aliphatic imine (C=N–C) groups is 1. The fourth-order valence-electron chi connectivity index (χ4n) is 4.05. The second kappa shape index (κ2) is 4.82. The first-order valence-corrected chi connectivity index (χ1v) is 8.32. The lowest BCUT2D eigenvalue weighted by Crippen LogP contribution is -2.61. The molecular weight excluding hydrogens is 316 g/mol. The molecule has 23 heavy (non-hydrogen) atoms. The highest BCUT2D eigenvalue weighted by Crippen LogP contribution is 2.40. The Hall–Kier alpha value is -1.86. The summed E-state index contributed by atoms with van der Waals surface area (Å²) in [6.07, 6.45) is 3.88. The van der Waals surface area contributed by atoms with E-state index in [1.54, 1.807) is 10.6 Å². The highest BCUT2D eigenvalue weighted by molar-refractivity contribution is 6.30. The lowest BCUT2D eigenvalue weighted by molar-refractivity contribution is -0.0829. The minimum absolute atomic E-state index is 0.151. The number of nitrogens with one attached hydrogen (secondary N) is 1. The summed E-state index contributed by atoms with van der Waals surface area (Å²) >= 11 is 6.10. The van der Waals surface area contributed by atoms with Crippen molar-refractivity contribution in [2.75, 3.05) is 31.5 Å². The van der Waals surface area contributed by atoms with E-state index in [-0.39, 0.29) is 5.60 Å². The molecule has 0 aromatic carbocycles. The molecule has 0 aliphatic carbocycles. The molecule has 3 fully saturated rings. The Morgan fingerprint density at radius 1 is 1.30 bits per heavy atom. The molecular formula is C15H17ClN6O. The Morgan fingerprint density at radius 2 is 2.17 bits per heavy atom. The van der Waals surface area contributed by atoms with Crippen LogP contribution >= 0.6 is 11.6 Å². The highest BCUT2D eigenvalue weighted by Gasteiger charge is 2.51. The van der Waals surface area contributed by atoms with Crippen LogP contribution < -0.4 is 5.32 Å². The van der Waals surface area contributed by atoms with Gasteiger partial charge >= 0.3 is 0 Å². The number of hydrogen-bond donors (Lipinski definition) is 1. The van der Waals surface area contributed by atoms with Gasteiger partial charge in [-0.05, 0) is 38.1 Å². The Kier molecular flexibility index (Phi) is 2.84. The lowest BCUT2D eigenvalue weighted by atomic mass is 9.75. The van der Waals surface area contributed by atoms with Crippen LogP contribution in [-0.2, 0) is 4.74 Å². The third-order valence-corrected chi connectivity index (χ3v) is 5.53. The van der Waals surface area contributed by atoms with Crippen molar-refractivity contribution in [1.82, 2.24) is 19.5 Å². The standard InChI is InChI=1S/C15H17ClN6O/c16-12-2-1-11-13(18-9-19-22(11)12)20-14-17-7-15(23-14)8-21-5-3-10(15)4-6-21/h1-2,9-10H,3-8H2,(H,17,18,19,20)/t15-/m1/s1. The molecule has 2 aromatic rings. The van der Waals surface area contributed by atoms with Crippen LogP contribution in [0.1, 0.15) is 12.8 Å². The maximum Gasteiger partial charge on any atom is 0.291 e. The van der Waals surface area contributed by atoms with E-state index in [9.17, 15) is 0 Å². The smallest absolute Gasteiger partial charge is 0.291 e. The molecule has 1 spiro atoms. The molecule has 6 heterocycles. The fourth-order valence-corrected chi connectivity index (χ4v) is 4.24. The summed E-state index contributed by atoms with van der Waals surface area (Å²) in [5.41, 5.74) is 0.653. The molecule has 0 unspecified atom stereocenters. The summed E-state index contributed by atoms with van der Waals surface area (Å²) in [5, 5.41) is 7.89. The second-order valence-corrected chi connectivity index (χ2v) is 6.91. The quantitative estimate of drug-likeness (QED) is 0.860. The van der Waals surface area contributed by atoms with Gasteiger partial charge in [0.15, 0.2) is 5.82 Å². The number of halogens is 1. The number of fused-ring (bicyclic) bond motifs is 3. The Morgan fingerprint density at radius 3 is 2.96 bits per heavy atom. The summed E-state index contributed by atoms with van der Waals surface area (Å²) in [6, 6.07) is 4.23. The van der Waals surface area contributed by atoms with Gasteiger partial charge in [0.05, 0.1) is 6.54 Å². The van der Waals surface area contributed by atoms with Crippen LogP contribution in [0.2, 0.25) is 5.15 Å². The van der Waals surface area contributed by atoms with Gasteiger partial charge in [-0.1, -0.05) is 11.6 Å². The minimum atomic E-state index is -0.151. The van der Waals surface area contributed by atoms with Gasteiger partial charge < -0.3 is 4.74 Å². The van der Waals surface area contributed by atoms with Crippen LogP contribution in [0.5, 0.6) is 0 Å². The van der Waals surface area contributed by atoms with Crippen LogP contribution in [0, 0.1) is 5.92 Å². The predicted molar refractivity (Wildman–Crippen MR) is 86.9 cm³/mol. The summed E-state index contributed by atoms with van der Waals surface area (Å²) < 4.78 is 7.91. The summed E-state index contributed by atoms with van der Waals surface area (Å²) in [5.74, 6) is 1.26. The van der Waals surface area contributed by atoms with Gasteiger partial charge in [-0.25, -0.2) is 14.5 Å². The molecule has 2 aromatic heterocycles. The molecule has 7 nitrogen and oxygen atoms in total. The normalized spacial score (nSPS) is 32.3. The van der Waals surface area contributed by atoms with E-state index in [0.29, 0.717) is 22.9 Å². The van der Waals surface area contributed by atoms with Crippen molar-refractivity contribution in [3.63, 3.8) is 0 Å². The van der Waals surface area contributed by atoms with Crippen molar-refractivity contribution in [3.8, 4) is 0 Å². The average Bonchev–Trinajstić information content (AvgIpc) is 3.14. The van der Waals surface area contributed by atoms with E-state index >= 15 is 0 Å². The maximum atomic E-state index is 6.28. The van der Waals surface area contributed by atoms with E-state index in [1.807, 2.05) is 6.07 Å². The molecule has 6 rings (SSSR count). The van der Waals surface area contributed by atoms with Crippen molar-refractivity contribution in [2.24, 2.45) is 10.9 Å². The number of ether oxygens (including phenoxy) is 1. The van der Waals surface area contributed by atoms with Crippen LogP contribution in [-0.4, -0.2) is 57.3 Å². The topological polar surface area (TPSA) is 67.0 Å². The monoisotopic (exact) mass is 332 g/mol. The van der Waals surface area contributed by atoms with Crippen LogP contribution in [0.15, 0.2) is 23.5 Å². The number of amidine groups is 1. The second-order valence-electron chi connectivity index (χ2n) is 6.53. The molecule has 0 amide bonds. The number of aromatic nitrogens is 3. The molecule has 0 saturated carbocycles. The molecule has 4 aliphatic heterocycles.